The van der Waals surface area contributed by atoms with E-state index >= 15 is 0 Å². The molecule has 0 saturated heterocycles. The highest BCUT2D eigenvalue weighted by molar-refractivity contribution is 9.10. The number of aromatic nitrogens is 2. The van der Waals surface area contributed by atoms with Crippen LogP contribution in [-0.2, 0) is 7.05 Å². The van der Waals surface area contributed by atoms with Gasteiger partial charge in [-0.25, -0.2) is 4.79 Å². The number of halogens is 1. The summed E-state index contributed by atoms with van der Waals surface area (Å²) in [5.74, 6) is -0.0519. The first-order valence-electron chi connectivity index (χ1n) is 8.32. The van der Waals surface area contributed by atoms with Crippen molar-refractivity contribution < 1.29 is 9.59 Å². The van der Waals surface area contributed by atoms with Gasteiger partial charge in [0.2, 0.25) is 0 Å². The average Bonchev–Trinajstić information content (AvgIpc) is 2.95. The number of hydrogen-bond acceptors (Lipinski definition) is 3. The average molecular weight is 427 g/mol. The Balaban J connectivity index is 1.80. The van der Waals surface area contributed by atoms with Crippen molar-refractivity contribution in [3.63, 3.8) is 0 Å². The number of Topliss-reactive ketones (excluding diaryl/α,β-unsaturated/α-hetero) is 1. The summed E-state index contributed by atoms with van der Waals surface area (Å²) in [4.78, 5) is 23.8. The number of aryl methyl sites for hydroxylation is 2. The highest BCUT2D eigenvalue weighted by Crippen LogP contribution is 2.32. The van der Waals surface area contributed by atoms with E-state index < -0.39 is 0 Å². The van der Waals surface area contributed by atoms with E-state index in [1.807, 2.05) is 32.2 Å². The number of anilines is 2. The molecule has 2 N–H and O–H groups in total. The highest BCUT2D eigenvalue weighted by atomic mass is 79.9. The van der Waals surface area contributed by atoms with E-state index in [1.54, 1.807) is 35.1 Å². The molecule has 0 radical (unpaired) electrons. The lowest BCUT2D eigenvalue weighted by Crippen LogP contribution is -2.19. The van der Waals surface area contributed by atoms with Gasteiger partial charge in [-0.05, 0) is 59.6 Å². The normalized spacial score (nSPS) is 10.5. The van der Waals surface area contributed by atoms with Crippen molar-refractivity contribution in [3.8, 4) is 11.3 Å². The predicted molar refractivity (Wildman–Crippen MR) is 110 cm³/mol. The van der Waals surface area contributed by atoms with Gasteiger partial charge < -0.3 is 10.6 Å². The Hall–Kier alpha value is -2.93. The number of hydrogen-bond donors (Lipinski definition) is 2. The van der Waals surface area contributed by atoms with Crippen molar-refractivity contribution in [2.45, 2.75) is 13.8 Å². The fourth-order valence-electron chi connectivity index (χ4n) is 2.78. The maximum absolute atomic E-state index is 12.3. The molecule has 0 saturated carbocycles. The minimum atomic E-state index is -0.380. The smallest absolute Gasteiger partial charge is 0.308 e. The maximum Gasteiger partial charge on any atom is 0.323 e. The summed E-state index contributed by atoms with van der Waals surface area (Å²) >= 11 is 3.52. The molecule has 0 spiro atoms. The zero-order valence-electron chi connectivity index (χ0n) is 15.2. The van der Waals surface area contributed by atoms with Crippen LogP contribution in [0.2, 0.25) is 0 Å². The number of carbonyl (C=O) groups excluding carboxylic acids is 2. The van der Waals surface area contributed by atoms with Crippen molar-refractivity contribution in [3.05, 3.63) is 64.3 Å². The fraction of sp³-hybridized carbons (Fsp3) is 0.150. The molecule has 27 heavy (non-hydrogen) atoms. The summed E-state index contributed by atoms with van der Waals surface area (Å²) in [6, 6.07) is 12.1. The molecule has 0 aliphatic heterocycles. The Morgan fingerprint density at radius 2 is 1.78 bits per heavy atom. The van der Waals surface area contributed by atoms with E-state index in [4.69, 9.17) is 0 Å². The number of amides is 2. The van der Waals surface area contributed by atoms with Gasteiger partial charge in [-0.1, -0.05) is 18.2 Å². The Labute approximate surface area is 165 Å². The van der Waals surface area contributed by atoms with E-state index in [1.165, 1.54) is 6.92 Å². The number of rotatable bonds is 4. The molecule has 0 bridgehead atoms. The van der Waals surface area contributed by atoms with Crippen molar-refractivity contribution in [1.29, 1.82) is 0 Å². The molecule has 138 valence electrons. The number of carbonyl (C=O) groups is 2. The van der Waals surface area contributed by atoms with E-state index in [9.17, 15) is 9.59 Å². The summed E-state index contributed by atoms with van der Waals surface area (Å²) in [7, 11) is 1.87. The Kier molecular flexibility index (Phi) is 5.41. The second kappa shape index (κ2) is 7.75. The minimum Gasteiger partial charge on any atom is -0.308 e. The van der Waals surface area contributed by atoms with Crippen LogP contribution in [0.15, 0.2) is 53.1 Å². The van der Waals surface area contributed by atoms with Crippen LogP contribution in [0.3, 0.4) is 0 Å². The van der Waals surface area contributed by atoms with Crippen LogP contribution in [0.1, 0.15) is 22.8 Å². The summed E-state index contributed by atoms with van der Waals surface area (Å²) in [5, 5.41) is 9.82. The lowest BCUT2D eigenvalue weighted by molar-refractivity contribution is 0.101. The second-order valence-electron chi connectivity index (χ2n) is 6.21. The Morgan fingerprint density at radius 1 is 1.07 bits per heavy atom. The zero-order valence-corrected chi connectivity index (χ0v) is 16.8. The van der Waals surface area contributed by atoms with E-state index in [0.29, 0.717) is 16.9 Å². The molecule has 3 aromatic rings. The van der Waals surface area contributed by atoms with Gasteiger partial charge in [-0.15, -0.1) is 0 Å². The monoisotopic (exact) mass is 426 g/mol. The quantitative estimate of drug-likeness (QED) is 0.575. The van der Waals surface area contributed by atoms with E-state index in [2.05, 4.69) is 31.7 Å². The SMILES string of the molecule is CC(=O)c1cccc(NC(=O)Nc2ccc(C)c(-c3c(Br)cnn3C)c2)c1. The third-order valence-electron chi connectivity index (χ3n) is 4.17. The van der Waals surface area contributed by atoms with Crippen LogP contribution in [0, 0.1) is 6.92 Å². The van der Waals surface area contributed by atoms with Crippen LogP contribution in [0.4, 0.5) is 16.2 Å². The van der Waals surface area contributed by atoms with Gasteiger partial charge in [0.1, 0.15) is 0 Å². The third kappa shape index (κ3) is 4.25. The number of ketones is 1. The zero-order chi connectivity index (χ0) is 19.6. The van der Waals surface area contributed by atoms with Crippen molar-refractivity contribution in [2.75, 3.05) is 10.6 Å². The second-order valence-corrected chi connectivity index (χ2v) is 7.06. The predicted octanol–water partition coefficient (Wildman–Crippen LogP) is 5.00. The first kappa shape index (κ1) is 18.8. The molecule has 7 heteroatoms. The van der Waals surface area contributed by atoms with E-state index in [-0.39, 0.29) is 11.8 Å². The summed E-state index contributed by atoms with van der Waals surface area (Å²) in [6.07, 6.45) is 1.74. The number of nitrogens with one attached hydrogen (secondary N) is 2. The highest BCUT2D eigenvalue weighted by Gasteiger charge is 2.13. The molecule has 2 amide bonds. The van der Waals surface area contributed by atoms with Gasteiger partial charge >= 0.3 is 6.03 Å². The van der Waals surface area contributed by atoms with Gasteiger partial charge in [0.05, 0.1) is 16.4 Å². The van der Waals surface area contributed by atoms with Gasteiger partial charge in [0, 0.05) is 29.5 Å². The van der Waals surface area contributed by atoms with Gasteiger partial charge in [-0.3, -0.25) is 9.48 Å². The number of nitrogens with zero attached hydrogens (tertiary/aromatic N) is 2. The summed E-state index contributed by atoms with van der Waals surface area (Å²) in [5.41, 5.74) is 4.74. The molecule has 0 unspecified atom stereocenters. The number of benzene rings is 2. The summed E-state index contributed by atoms with van der Waals surface area (Å²) in [6.45, 7) is 3.50. The first-order valence-corrected chi connectivity index (χ1v) is 9.12. The third-order valence-corrected chi connectivity index (χ3v) is 4.75. The fourth-order valence-corrected chi connectivity index (χ4v) is 3.34. The lowest BCUT2D eigenvalue weighted by Gasteiger charge is -2.12. The Bertz CT molecular complexity index is 1010. The molecule has 0 aliphatic rings. The maximum atomic E-state index is 12.3. The number of urea groups is 1. The van der Waals surface area contributed by atoms with Crippen molar-refractivity contribution >= 4 is 39.1 Å². The molecular formula is C20H19BrN4O2. The molecule has 2 aromatic carbocycles. The topological polar surface area (TPSA) is 76.0 Å². The molecule has 6 nitrogen and oxygen atoms in total. The van der Waals surface area contributed by atoms with Crippen molar-refractivity contribution in [1.82, 2.24) is 9.78 Å². The van der Waals surface area contributed by atoms with Crippen LogP contribution in [-0.4, -0.2) is 21.6 Å². The van der Waals surface area contributed by atoms with Crippen LogP contribution in [0.5, 0.6) is 0 Å². The molecule has 0 fully saturated rings. The molecule has 0 atom stereocenters. The molecular weight excluding hydrogens is 408 g/mol. The molecule has 1 aromatic heterocycles. The van der Waals surface area contributed by atoms with Gasteiger partial charge in [0.15, 0.2) is 5.78 Å². The van der Waals surface area contributed by atoms with Crippen LogP contribution >= 0.6 is 15.9 Å². The van der Waals surface area contributed by atoms with E-state index in [0.717, 1.165) is 21.3 Å². The summed E-state index contributed by atoms with van der Waals surface area (Å²) < 4.78 is 2.67. The first-order chi connectivity index (χ1) is 12.8. The molecule has 0 aliphatic carbocycles. The molecule has 1 heterocycles. The van der Waals surface area contributed by atoms with Crippen LogP contribution < -0.4 is 10.6 Å². The van der Waals surface area contributed by atoms with Gasteiger partial charge in [0.25, 0.3) is 0 Å². The minimum absolute atomic E-state index is 0.0519. The van der Waals surface area contributed by atoms with Crippen molar-refractivity contribution in [2.24, 2.45) is 7.05 Å². The largest absolute Gasteiger partial charge is 0.323 e. The molecule has 3 rings (SSSR count). The Morgan fingerprint density at radius 3 is 2.41 bits per heavy atom. The van der Waals surface area contributed by atoms with Gasteiger partial charge in [-0.2, -0.15) is 5.10 Å². The van der Waals surface area contributed by atoms with Crippen LogP contribution in [0.25, 0.3) is 11.3 Å². The standard InChI is InChI=1S/C20H19BrN4O2/c1-12-7-8-16(10-17(12)19-18(21)11-22-25(19)3)24-20(27)23-15-6-4-5-14(9-15)13(2)26/h4-11H,1-3H3,(H2,23,24,27). The lowest BCUT2D eigenvalue weighted by atomic mass is 10.0.